The van der Waals surface area contributed by atoms with E-state index in [1.165, 1.54) is 0 Å². The van der Waals surface area contributed by atoms with Gasteiger partial charge in [-0.25, -0.2) is 4.79 Å². The Hall–Kier alpha value is -1.52. The number of halogens is 2. The van der Waals surface area contributed by atoms with E-state index in [0.717, 1.165) is 15.6 Å². The molecule has 0 aliphatic heterocycles. The first kappa shape index (κ1) is 19.8. The van der Waals surface area contributed by atoms with Crippen LogP contribution < -0.4 is 0 Å². The molecule has 2 rings (SSSR count). The van der Waals surface area contributed by atoms with Crippen LogP contribution in [0.3, 0.4) is 0 Å². The first-order chi connectivity index (χ1) is 11.7. The molecule has 1 atom stereocenters. The number of benzene rings is 2. The number of carbonyl (C=O) groups excluding carboxylic acids is 1. The molecular weight excluding hydrogens is 402 g/mol. The predicted octanol–water partition coefficient (Wildman–Crippen LogP) is 6.10. The van der Waals surface area contributed by atoms with E-state index in [-0.39, 0.29) is 12.0 Å². The quantitative estimate of drug-likeness (QED) is 0.593. The van der Waals surface area contributed by atoms with Gasteiger partial charge in [0.2, 0.25) is 0 Å². The van der Waals surface area contributed by atoms with Crippen molar-refractivity contribution in [2.75, 3.05) is 13.6 Å². The Morgan fingerprint density at radius 3 is 2.04 bits per heavy atom. The summed E-state index contributed by atoms with van der Waals surface area (Å²) in [4.78, 5) is 14.0. The maximum absolute atomic E-state index is 12.3. The van der Waals surface area contributed by atoms with E-state index >= 15 is 0 Å². The Balaban J connectivity index is 2.27. The normalized spacial score (nSPS) is 12.6. The summed E-state index contributed by atoms with van der Waals surface area (Å²) < 4.78 is 6.49. The maximum atomic E-state index is 12.3. The van der Waals surface area contributed by atoms with Gasteiger partial charge in [0.25, 0.3) is 0 Å². The highest BCUT2D eigenvalue weighted by atomic mass is 79.9. The molecule has 0 N–H and O–H groups in total. The fraction of sp³-hybridized carbons (Fsp3) is 0.350. The van der Waals surface area contributed by atoms with Crippen LogP contribution in [-0.4, -0.2) is 30.2 Å². The van der Waals surface area contributed by atoms with Crippen molar-refractivity contribution in [2.45, 2.75) is 32.3 Å². The summed E-state index contributed by atoms with van der Waals surface area (Å²) in [5, 5.41) is 0.693. The summed E-state index contributed by atoms with van der Waals surface area (Å²) in [5.74, 6) is 0.0304. The second-order valence-electron chi connectivity index (χ2n) is 7.02. The molecule has 0 heterocycles. The number of hydrogen-bond acceptors (Lipinski definition) is 2. The minimum Gasteiger partial charge on any atom is -0.444 e. The lowest BCUT2D eigenvalue weighted by molar-refractivity contribution is 0.0294. The Bertz CT molecular complexity index is 662. The third-order valence-corrected chi connectivity index (χ3v) is 4.49. The molecule has 0 spiro atoms. The van der Waals surface area contributed by atoms with Gasteiger partial charge in [-0.05, 0) is 56.2 Å². The van der Waals surface area contributed by atoms with Crippen molar-refractivity contribution in [3.05, 3.63) is 69.2 Å². The molecule has 134 valence electrons. The number of rotatable bonds is 4. The van der Waals surface area contributed by atoms with Crippen LogP contribution in [0.5, 0.6) is 0 Å². The fourth-order valence-electron chi connectivity index (χ4n) is 2.48. The number of likely N-dealkylation sites (N-methyl/N-ethyl adjacent to an activating group) is 1. The minimum atomic E-state index is -0.515. The van der Waals surface area contributed by atoms with Gasteiger partial charge in [0.1, 0.15) is 5.60 Å². The van der Waals surface area contributed by atoms with E-state index < -0.39 is 5.60 Å². The lowest BCUT2D eigenvalue weighted by Crippen LogP contribution is -2.36. The molecule has 0 saturated carbocycles. The van der Waals surface area contributed by atoms with E-state index in [2.05, 4.69) is 28.1 Å². The number of ether oxygens (including phenoxy) is 1. The molecule has 0 aliphatic rings. The van der Waals surface area contributed by atoms with Gasteiger partial charge in [-0.1, -0.05) is 51.8 Å². The van der Waals surface area contributed by atoms with Crippen LogP contribution in [0.2, 0.25) is 5.02 Å². The Kier molecular flexibility index (Phi) is 6.53. The van der Waals surface area contributed by atoms with E-state index in [0.29, 0.717) is 11.6 Å². The van der Waals surface area contributed by atoms with E-state index in [1.54, 1.807) is 11.9 Å². The average molecular weight is 425 g/mol. The summed E-state index contributed by atoms with van der Waals surface area (Å²) in [6.45, 7) is 6.11. The minimum absolute atomic E-state index is 0.0304. The highest BCUT2D eigenvalue weighted by Gasteiger charge is 2.23. The number of amides is 1. The number of hydrogen-bond donors (Lipinski definition) is 0. The van der Waals surface area contributed by atoms with Crippen LogP contribution in [0.1, 0.15) is 37.8 Å². The molecule has 0 aromatic heterocycles. The first-order valence-electron chi connectivity index (χ1n) is 8.11. The summed E-state index contributed by atoms with van der Waals surface area (Å²) in [6, 6.07) is 15.9. The third kappa shape index (κ3) is 6.05. The van der Waals surface area contributed by atoms with Crippen LogP contribution in [-0.2, 0) is 4.74 Å². The topological polar surface area (TPSA) is 29.5 Å². The van der Waals surface area contributed by atoms with Crippen molar-refractivity contribution in [3.63, 3.8) is 0 Å². The SMILES string of the molecule is CN(CC(c1ccc(Cl)cc1)c1ccc(Br)cc1)C(=O)OC(C)(C)C. The molecule has 2 aromatic rings. The zero-order valence-corrected chi connectivity index (χ0v) is 17.3. The van der Waals surface area contributed by atoms with Gasteiger partial charge in [0.05, 0.1) is 0 Å². The average Bonchev–Trinajstić information content (AvgIpc) is 2.53. The van der Waals surface area contributed by atoms with Gasteiger partial charge in [0, 0.05) is 29.0 Å². The summed E-state index contributed by atoms with van der Waals surface area (Å²) >= 11 is 9.49. The van der Waals surface area contributed by atoms with Crippen molar-refractivity contribution < 1.29 is 9.53 Å². The van der Waals surface area contributed by atoms with Crippen molar-refractivity contribution in [1.82, 2.24) is 4.90 Å². The standard InChI is InChI=1S/C20H23BrClNO2/c1-20(2,3)25-19(24)23(4)13-18(14-5-9-16(21)10-6-14)15-7-11-17(22)12-8-15/h5-12,18H,13H2,1-4H3. The molecule has 1 amide bonds. The van der Waals surface area contributed by atoms with E-state index in [9.17, 15) is 4.79 Å². The van der Waals surface area contributed by atoms with Crippen LogP contribution >= 0.6 is 27.5 Å². The van der Waals surface area contributed by atoms with Gasteiger partial charge in [0.15, 0.2) is 0 Å². The molecule has 0 saturated heterocycles. The largest absolute Gasteiger partial charge is 0.444 e. The second kappa shape index (κ2) is 8.24. The monoisotopic (exact) mass is 423 g/mol. The summed E-state index contributed by atoms with van der Waals surface area (Å²) in [5.41, 5.74) is 1.71. The van der Waals surface area contributed by atoms with Crippen molar-refractivity contribution >= 4 is 33.6 Å². The van der Waals surface area contributed by atoms with Gasteiger partial charge in [-0.3, -0.25) is 0 Å². The van der Waals surface area contributed by atoms with Crippen molar-refractivity contribution in [2.24, 2.45) is 0 Å². The van der Waals surface area contributed by atoms with E-state index in [1.807, 2.05) is 57.2 Å². The van der Waals surface area contributed by atoms with Crippen molar-refractivity contribution in [1.29, 1.82) is 0 Å². The second-order valence-corrected chi connectivity index (χ2v) is 8.37. The Labute approximate surface area is 163 Å². The van der Waals surface area contributed by atoms with Crippen LogP contribution in [0.25, 0.3) is 0 Å². The highest BCUT2D eigenvalue weighted by Crippen LogP contribution is 2.28. The molecule has 25 heavy (non-hydrogen) atoms. The zero-order chi connectivity index (χ0) is 18.6. The maximum Gasteiger partial charge on any atom is 0.410 e. The smallest absolute Gasteiger partial charge is 0.410 e. The highest BCUT2D eigenvalue weighted by molar-refractivity contribution is 9.10. The molecule has 0 aliphatic carbocycles. The van der Waals surface area contributed by atoms with Crippen LogP contribution in [0.15, 0.2) is 53.0 Å². The predicted molar refractivity (Wildman–Crippen MR) is 106 cm³/mol. The number of carbonyl (C=O) groups is 1. The van der Waals surface area contributed by atoms with Crippen molar-refractivity contribution in [3.8, 4) is 0 Å². The fourth-order valence-corrected chi connectivity index (χ4v) is 2.87. The summed E-state index contributed by atoms with van der Waals surface area (Å²) in [6.07, 6.45) is -0.330. The molecule has 5 heteroatoms. The van der Waals surface area contributed by atoms with Gasteiger partial charge in [-0.2, -0.15) is 0 Å². The van der Waals surface area contributed by atoms with Crippen LogP contribution in [0.4, 0.5) is 4.79 Å². The molecular formula is C20H23BrClNO2. The van der Waals surface area contributed by atoms with E-state index in [4.69, 9.17) is 16.3 Å². The first-order valence-corrected chi connectivity index (χ1v) is 9.28. The Morgan fingerprint density at radius 2 is 1.56 bits per heavy atom. The lowest BCUT2D eigenvalue weighted by Gasteiger charge is -2.28. The molecule has 0 radical (unpaired) electrons. The number of nitrogens with zero attached hydrogens (tertiary/aromatic N) is 1. The zero-order valence-electron chi connectivity index (χ0n) is 14.9. The molecule has 1 unspecified atom stereocenters. The lowest BCUT2D eigenvalue weighted by atomic mass is 9.91. The molecule has 0 fully saturated rings. The van der Waals surface area contributed by atoms with Gasteiger partial charge in [-0.15, -0.1) is 0 Å². The third-order valence-electron chi connectivity index (χ3n) is 3.71. The summed E-state index contributed by atoms with van der Waals surface area (Å²) in [7, 11) is 1.76. The van der Waals surface area contributed by atoms with Gasteiger partial charge < -0.3 is 9.64 Å². The van der Waals surface area contributed by atoms with Gasteiger partial charge >= 0.3 is 6.09 Å². The Morgan fingerprint density at radius 1 is 1.08 bits per heavy atom. The molecule has 3 nitrogen and oxygen atoms in total. The van der Waals surface area contributed by atoms with Crippen LogP contribution in [0, 0.1) is 0 Å². The molecule has 0 bridgehead atoms. The molecule has 2 aromatic carbocycles.